The van der Waals surface area contributed by atoms with Crippen molar-refractivity contribution in [1.82, 2.24) is 10.3 Å². The lowest BCUT2D eigenvalue weighted by molar-refractivity contribution is 0.0909. The maximum absolute atomic E-state index is 12.8. The topological polar surface area (TPSA) is 51.2 Å². The summed E-state index contributed by atoms with van der Waals surface area (Å²) in [6.07, 6.45) is 2.84. The van der Waals surface area contributed by atoms with E-state index in [-0.39, 0.29) is 23.7 Å². The van der Waals surface area contributed by atoms with Gasteiger partial charge in [0, 0.05) is 13.2 Å². The van der Waals surface area contributed by atoms with Crippen LogP contribution in [0.2, 0.25) is 0 Å². The lowest BCUT2D eigenvalue weighted by atomic mass is 10.2. The Hall–Kier alpha value is -1.49. The first-order chi connectivity index (χ1) is 8.19. The molecule has 1 aromatic heterocycles. The molecule has 1 N–H and O–H groups in total. The van der Waals surface area contributed by atoms with E-state index in [1.165, 1.54) is 18.2 Å². The predicted molar refractivity (Wildman–Crippen MR) is 60.1 cm³/mol. The predicted octanol–water partition coefficient (Wildman–Crippen LogP) is 1.52. The van der Waals surface area contributed by atoms with Gasteiger partial charge in [-0.2, -0.15) is 4.39 Å². The molecule has 1 saturated carbocycles. The van der Waals surface area contributed by atoms with E-state index in [0.717, 1.165) is 19.3 Å². The summed E-state index contributed by atoms with van der Waals surface area (Å²) in [6.45, 7) is 0. The Kier molecular flexibility index (Phi) is 3.68. The first-order valence-electron chi connectivity index (χ1n) is 5.65. The zero-order chi connectivity index (χ0) is 12.3. The maximum atomic E-state index is 12.8. The highest BCUT2D eigenvalue weighted by Crippen LogP contribution is 2.21. The summed E-state index contributed by atoms with van der Waals surface area (Å²) in [5.41, 5.74) is 0.117. The molecule has 1 amide bonds. The average molecular weight is 238 g/mol. The zero-order valence-electron chi connectivity index (χ0n) is 9.65. The zero-order valence-corrected chi connectivity index (χ0v) is 9.65. The number of halogens is 1. The van der Waals surface area contributed by atoms with Gasteiger partial charge in [-0.25, -0.2) is 4.98 Å². The van der Waals surface area contributed by atoms with Gasteiger partial charge < -0.3 is 10.1 Å². The highest BCUT2D eigenvalue weighted by molar-refractivity contribution is 5.92. The number of hydrogen-bond donors (Lipinski definition) is 1. The number of aromatic nitrogens is 1. The Morgan fingerprint density at radius 2 is 2.35 bits per heavy atom. The van der Waals surface area contributed by atoms with E-state index in [9.17, 15) is 9.18 Å². The molecule has 2 unspecified atom stereocenters. The summed E-state index contributed by atoms with van der Waals surface area (Å²) in [4.78, 5) is 15.3. The van der Waals surface area contributed by atoms with Crippen LogP contribution in [0, 0.1) is 5.95 Å². The van der Waals surface area contributed by atoms with Crippen LogP contribution >= 0.6 is 0 Å². The van der Waals surface area contributed by atoms with E-state index >= 15 is 0 Å². The third-order valence-electron chi connectivity index (χ3n) is 3.00. The quantitative estimate of drug-likeness (QED) is 0.812. The van der Waals surface area contributed by atoms with Crippen molar-refractivity contribution in [2.45, 2.75) is 31.4 Å². The number of hydrogen-bond acceptors (Lipinski definition) is 3. The molecule has 5 heteroatoms. The van der Waals surface area contributed by atoms with Crippen molar-refractivity contribution < 1.29 is 13.9 Å². The van der Waals surface area contributed by atoms with Crippen LogP contribution in [0.1, 0.15) is 29.8 Å². The molecule has 1 heterocycles. The fourth-order valence-corrected chi connectivity index (χ4v) is 2.08. The Labute approximate surface area is 99.2 Å². The van der Waals surface area contributed by atoms with Crippen molar-refractivity contribution in [2.24, 2.45) is 0 Å². The molecule has 0 saturated heterocycles. The van der Waals surface area contributed by atoms with Crippen LogP contribution < -0.4 is 5.32 Å². The molecule has 2 rings (SSSR count). The highest BCUT2D eigenvalue weighted by atomic mass is 19.1. The van der Waals surface area contributed by atoms with Crippen molar-refractivity contribution >= 4 is 5.91 Å². The second kappa shape index (κ2) is 5.23. The monoisotopic (exact) mass is 238 g/mol. The maximum Gasteiger partial charge on any atom is 0.270 e. The van der Waals surface area contributed by atoms with Gasteiger partial charge in [-0.15, -0.1) is 0 Å². The molecule has 4 nitrogen and oxygen atoms in total. The number of amides is 1. The second-order valence-corrected chi connectivity index (χ2v) is 4.19. The van der Waals surface area contributed by atoms with Crippen LogP contribution in [0.5, 0.6) is 0 Å². The van der Waals surface area contributed by atoms with Crippen molar-refractivity contribution in [3.05, 3.63) is 29.8 Å². The van der Waals surface area contributed by atoms with Gasteiger partial charge in [-0.3, -0.25) is 4.79 Å². The first-order valence-corrected chi connectivity index (χ1v) is 5.65. The standard InChI is InChI=1S/C12H15FN2O2/c1-17-9-6-5-8(7-9)14-12(16)10-3-2-4-11(13)15-10/h2-4,8-9H,5-7H2,1H3,(H,14,16). The Morgan fingerprint density at radius 3 is 3.00 bits per heavy atom. The van der Waals surface area contributed by atoms with Gasteiger partial charge >= 0.3 is 0 Å². The number of carbonyl (C=O) groups is 1. The van der Waals surface area contributed by atoms with Gasteiger partial charge in [0.05, 0.1) is 6.10 Å². The van der Waals surface area contributed by atoms with Crippen molar-refractivity contribution in [1.29, 1.82) is 0 Å². The number of methoxy groups -OCH3 is 1. The molecule has 0 bridgehead atoms. The Morgan fingerprint density at radius 1 is 1.53 bits per heavy atom. The van der Waals surface area contributed by atoms with Gasteiger partial charge in [0.25, 0.3) is 5.91 Å². The number of ether oxygens (including phenoxy) is 1. The average Bonchev–Trinajstić information content (AvgIpc) is 2.77. The van der Waals surface area contributed by atoms with Crippen LogP contribution in [-0.4, -0.2) is 30.1 Å². The Balaban J connectivity index is 1.94. The van der Waals surface area contributed by atoms with Gasteiger partial charge in [-0.1, -0.05) is 6.07 Å². The minimum atomic E-state index is -0.640. The molecule has 2 atom stereocenters. The first kappa shape index (κ1) is 12.0. The molecular formula is C12H15FN2O2. The Bertz CT molecular complexity index is 411. The third-order valence-corrected chi connectivity index (χ3v) is 3.00. The van der Waals surface area contributed by atoms with E-state index in [1.54, 1.807) is 7.11 Å². The summed E-state index contributed by atoms with van der Waals surface area (Å²) in [5, 5.41) is 2.84. The lowest BCUT2D eigenvalue weighted by Crippen LogP contribution is -2.34. The smallest absolute Gasteiger partial charge is 0.270 e. The summed E-state index contributed by atoms with van der Waals surface area (Å²) >= 11 is 0. The van der Waals surface area contributed by atoms with Gasteiger partial charge in [0.2, 0.25) is 5.95 Å². The summed E-state index contributed by atoms with van der Waals surface area (Å²) < 4.78 is 18.1. The van der Waals surface area contributed by atoms with E-state index in [1.807, 2.05) is 0 Å². The minimum Gasteiger partial charge on any atom is -0.381 e. The van der Waals surface area contributed by atoms with Gasteiger partial charge in [-0.05, 0) is 31.4 Å². The molecule has 0 aliphatic heterocycles. The summed E-state index contributed by atoms with van der Waals surface area (Å²) in [7, 11) is 1.67. The van der Waals surface area contributed by atoms with Crippen molar-refractivity contribution in [3.63, 3.8) is 0 Å². The molecule has 0 aromatic carbocycles. The van der Waals surface area contributed by atoms with Gasteiger partial charge in [0.15, 0.2) is 0 Å². The molecule has 0 radical (unpaired) electrons. The molecule has 0 spiro atoms. The molecule has 1 fully saturated rings. The van der Waals surface area contributed by atoms with Crippen molar-refractivity contribution in [2.75, 3.05) is 7.11 Å². The molecule has 92 valence electrons. The highest BCUT2D eigenvalue weighted by Gasteiger charge is 2.26. The SMILES string of the molecule is COC1CCC(NC(=O)c2cccc(F)n2)C1. The normalized spacial score (nSPS) is 23.6. The molecule has 1 aliphatic rings. The fourth-order valence-electron chi connectivity index (χ4n) is 2.08. The number of nitrogens with zero attached hydrogens (tertiary/aromatic N) is 1. The number of nitrogens with one attached hydrogen (secondary N) is 1. The number of carbonyl (C=O) groups excluding carboxylic acids is 1. The fraction of sp³-hybridized carbons (Fsp3) is 0.500. The largest absolute Gasteiger partial charge is 0.381 e. The summed E-state index contributed by atoms with van der Waals surface area (Å²) in [5.74, 6) is -0.968. The van der Waals surface area contributed by atoms with E-state index in [2.05, 4.69) is 10.3 Å². The van der Waals surface area contributed by atoms with Crippen LogP contribution in [-0.2, 0) is 4.74 Å². The van der Waals surface area contributed by atoms with Crippen LogP contribution in [0.4, 0.5) is 4.39 Å². The van der Waals surface area contributed by atoms with Crippen LogP contribution in [0.15, 0.2) is 18.2 Å². The molecule has 1 aromatic rings. The van der Waals surface area contributed by atoms with E-state index in [4.69, 9.17) is 4.74 Å². The number of pyridine rings is 1. The lowest BCUT2D eigenvalue weighted by Gasteiger charge is -2.12. The third kappa shape index (κ3) is 3.00. The van der Waals surface area contributed by atoms with Crippen LogP contribution in [0.3, 0.4) is 0 Å². The number of rotatable bonds is 3. The molecular weight excluding hydrogens is 223 g/mol. The van der Waals surface area contributed by atoms with Gasteiger partial charge in [0.1, 0.15) is 5.69 Å². The molecule has 1 aliphatic carbocycles. The molecule has 17 heavy (non-hydrogen) atoms. The summed E-state index contributed by atoms with van der Waals surface area (Å²) in [6, 6.07) is 4.29. The van der Waals surface area contributed by atoms with E-state index < -0.39 is 5.95 Å². The van der Waals surface area contributed by atoms with Crippen molar-refractivity contribution in [3.8, 4) is 0 Å². The second-order valence-electron chi connectivity index (χ2n) is 4.19. The minimum absolute atomic E-state index is 0.0949. The van der Waals surface area contributed by atoms with Crippen LogP contribution in [0.25, 0.3) is 0 Å². The van der Waals surface area contributed by atoms with E-state index in [0.29, 0.717) is 0 Å².